The number of nitrogens with one attached hydrogen (secondary N) is 3. The van der Waals surface area contributed by atoms with Crippen LogP contribution in [0.2, 0.25) is 0 Å². The van der Waals surface area contributed by atoms with Crippen molar-refractivity contribution in [1.82, 2.24) is 24.9 Å². The maximum atomic E-state index is 13.5. The number of amides is 2. The van der Waals surface area contributed by atoms with Crippen molar-refractivity contribution in [3.8, 4) is 0 Å². The van der Waals surface area contributed by atoms with E-state index in [-0.39, 0.29) is 30.3 Å². The summed E-state index contributed by atoms with van der Waals surface area (Å²) in [6, 6.07) is 6.56. The molecule has 0 radical (unpaired) electrons. The van der Waals surface area contributed by atoms with Crippen molar-refractivity contribution in [2.45, 2.75) is 50.7 Å². The highest BCUT2D eigenvalue weighted by Crippen LogP contribution is 2.24. The van der Waals surface area contributed by atoms with Crippen molar-refractivity contribution in [3.05, 3.63) is 53.0 Å². The molecule has 0 spiro atoms. The number of anilines is 2. The molecule has 1 saturated heterocycles. The molecular formula is C24H26FN7O3. The van der Waals surface area contributed by atoms with E-state index in [2.05, 4.69) is 31.0 Å². The van der Waals surface area contributed by atoms with Crippen LogP contribution in [0.15, 0.2) is 36.0 Å². The predicted octanol–water partition coefficient (Wildman–Crippen LogP) is 2.06. The second-order valence-corrected chi connectivity index (χ2v) is 8.89. The number of hydrogen-bond acceptors (Lipinski definition) is 8. The molecule has 2 aromatic heterocycles. The summed E-state index contributed by atoms with van der Waals surface area (Å²) in [5, 5.41) is 23.1. The maximum absolute atomic E-state index is 13.5. The molecule has 0 atom stereocenters. The molecular weight excluding hydrogens is 453 g/mol. The van der Waals surface area contributed by atoms with Gasteiger partial charge in [-0.25, -0.2) is 4.39 Å². The van der Waals surface area contributed by atoms with E-state index in [1.165, 1.54) is 12.1 Å². The number of carbonyl (C=O) groups excluding carboxylic acids is 2. The molecule has 3 aromatic rings. The zero-order chi connectivity index (χ0) is 24.4. The molecule has 182 valence electrons. The molecule has 10 nitrogen and oxygen atoms in total. The number of benzene rings is 1. The van der Waals surface area contributed by atoms with Crippen molar-refractivity contribution in [2.24, 2.45) is 0 Å². The molecule has 0 bridgehead atoms. The molecule has 5 rings (SSSR count). The monoisotopic (exact) mass is 479 g/mol. The van der Waals surface area contributed by atoms with Crippen LogP contribution in [0.5, 0.6) is 0 Å². The Labute approximate surface area is 200 Å². The lowest BCUT2D eigenvalue weighted by Gasteiger charge is -2.26. The first-order valence-electron chi connectivity index (χ1n) is 11.7. The van der Waals surface area contributed by atoms with Gasteiger partial charge in [0.15, 0.2) is 5.65 Å². The molecule has 1 aromatic carbocycles. The summed E-state index contributed by atoms with van der Waals surface area (Å²) in [4.78, 5) is 32.9. The zero-order valence-corrected chi connectivity index (χ0v) is 19.0. The Hall–Kier alpha value is -3.86. The number of carbonyl (C=O) groups is 2. The van der Waals surface area contributed by atoms with Crippen LogP contribution >= 0.6 is 0 Å². The van der Waals surface area contributed by atoms with Crippen LogP contribution in [0.25, 0.3) is 11.7 Å². The highest BCUT2D eigenvalue weighted by Gasteiger charge is 2.25. The van der Waals surface area contributed by atoms with Crippen LogP contribution in [0.1, 0.15) is 43.2 Å². The van der Waals surface area contributed by atoms with Crippen LogP contribution in [0.3, 0.4) is 0 Å². The van der Waals surface area contributed by atoms with E-state index in [1.807, 2.05) is 6.07 Å². The average Bonchev–Trinajstić information content (AvgIpc) is 3.37. The minimum absolute atomic E-state index is 0.00943. The second-order valence-electron chi connectivity index (χ2n) is 8.89. The SMILES string of the molecule is O=C1CC(=Cc2cnn3c(NCCc4cccc(F)c4)nc(NC4CCC(O)CC4)nc23)C(=O)N1. The summed E-state index contributed by atoms with van der Waals surface area (Å²) in [5.41, 5.74) is 2.26. The summed E-state index contributed by atoms with van der Waals surface area (Å²) < 4.78 is 15.1. The van der Waals surface area contributed by atoms with Gasteiger partial charge in [0.1, 0.15) is 5.82 Å². The summed E-state index contributed by atoms with van der Waals surface area (Å²) in [7, 11) is 0. The second kappa shape index (κ2) is 9.79. The highest BCUT2D eigenvalue weighted by atomic mass is 19.1. The molecule has 1 aliphatic heterocycles. The number of aliphatic hydroxyl groups is 1. The summed E-state index contributed by atoms with van der Waals surface area (Å²) in [6.45, 7) is 0.484. The highest BCUT2D eigenvalue weighted by molar-refractivity contribution is 6.15. The largest absolute Gasteiger partial charge is 0.393 e. The van der Waals surface area contributed by atoms with Gasteiger partial charge in [-0.15, -0.1) is 0 Å². The summed E-state index contributed by atoms with van der Waals surface area (Å²) >= 11 is 0. The molecule has 2 amide bonds. The van der Waals surface area contributed by atoms with Gasteiger partial charge < -0.3 is 15.7 Å². The van der Waals surface area contributed by atoms with E-state index < -0.39 is 5.91 Å². The van der Waals surface area contributed by atoms with Crippen LogP contribution in [-0.4, -0.2) is 55.2 Å². The molecule has 0 unspecified atom stereocenters. The normalized spacial score (nSPS) is 21.5. The van der Waals surface area contributed by atoms with Gasteiger partial charge in [0.05, 0.1) is 18.7 Å². The van der Waals surface area contributed by atoms with Gasteiger partial charge in [-0.1, -0.05) is 12.1 Å². The van der Waals surface area contributed by atoms with Crippen LogP contribution in [0, 0.1) is 5.82 Å². The van der Waals surface area contributed by atoms with E-state index in [9.17, 15) is 19.1 Å². The summed E-state index contributed by atoms with van der Waals surface area (Å²) in [5.74, 6) is -0.194. The third kappa shape index (κ3) is 5.29. The molecule has 4 N–H and O–H groups in total. The minimum Gasteiger partial charge on any atom is -0.393 e. The quantitative estimate of drug-likeness (QED) is 0.299. The van der Waals surface area contributed by atoms with E-state index in [1.54, 1.807) is 22.9 Å². The first kappa shape index (κ1) is 22.9. The van der Waals surface area contributed by atoms with Crippen molar-refractivity contribution < 1.29 is 19.1 Å². The lowest BCUT2D eigenvalue weighted by Crippen LogP contribution is -2.29. The number of rotatable bonds is 7. The Morgan fingerprint density at radius 2 is 2.03 bits per heavy atom. The molecule has 1 aliphatic carbocycles. The number of nitrogens with zero attached hydrogens (tertiary/aromatic N) is 4. The topological polar surface area (TPSA) is 134 Å². The molecule has 2 fully saturated rings. The van der Waals surface area contributed by atoms with Crippen molar-refractivity contribution in [2.75, 3.05) is 17.2 Å². The Morgan fingerprint density at radius 1 is 1.20 bits per heavy atom. The Balaban J connectivity index is 1.43. The van der Waals surface area contributed by atoms with Gasteiger partial charge in [0.2, 0.25) is 17.8 Å². The van der Waals surface area contributed by atoms with Crippen molar-refractivity contribution >= 4 is 35.4 Å². The van der Waals surface area contributed by atoms with Crippen molar-refractivity contribution in [1.29, 1.82) is 0 Å². The van der Waals surface area contributed by atoms with Crippen LogP contribution in [-0.2, 0) is 16.0 Å². The standard InChI is InChI=1S/C24H26FN7O3/c25-17-3-1-2-14(10-17)8-9-26-24-31-23(28-18-4-6-19(33)7-5-18)30-21-16(13-27-32(21)24)11-15-12-20(34)29-22(15)35/h1-3,10-11,13,18-19,33H,4-9,12H2,(H,29,34,35)(H2,26,28,30,31). The number of fused-ring (bicyclic) bond motifs is 1. The molecule has 2 aliphatic rings. The van der Waals surface area contributed by atoms with Crippen molar-refractivity contribution in [3.63, 3.8) is 0 Å². The fourth-order valence-corrected chi connectivity index (χ4v) is 4.40. The molecule has 3 heterocycles. The van der Waals surface area contributed by atoms with E-state index in [4.69, 9.17) is 0 Å². The number of aliphatic hydroxyl groups excluding tert-OH is 1. The first-order valence-corrected chi connectivity index (χ1v) is 11.7. The smallest absolute Gasteiger partial charge is 0.254 e. The molecule has 11 heteroatoms. The number of hydrogen-bond donors (Lipinski definition) is 4. The van der Waals surface area contributed by atoms with Gasteiger partial charge in [-0.2, -0.15) is 19.6 Å². The predicted molar refractivity (Wildman–Crippen MR) is 127 cm³/mol. The van der Waals surface area contributed by atoms with Gasteiger partial charge in [-0.3, -0.25) is 14.9 Å². The zero-order valence-electron chi connectivity index (χ0n) is 19.0. The fraction of sp³-hybridized carbons (Fsp3) is 0.375. The number of imide groups is 1. The van der Waals surface area contributed by atoms with E-state index >= 15 is 0 Å². The average molecular weight is 480 g/mol. The molecule has 1 saturated carbocycles. The van der Waals surface area contributed by atoms with Gasteiger partial charge >= 0.3 is 0 Å². The minimum atomic E-state index is -0.420. The molecule has 35 heavy (non-hydrogen) atoms. The number of halogens is 1. The Morgan fingerprint density at radius 3 is 2.77 bits per heavy atom. The van der Waals surface area contributed by atoms with Gasteiger partial charge in [0, 0.05) is 23.7 Å². The summed E-state index contributed by atoms with van der Waals surface area (Å²) in [6.07, 6.45) is 6.54. The fourth-order valence-electron chi connectivity index (χ4n) is 4.40. The lowest BCUT2D eigenvalue weighted by atomic mass is 9.93. The maximum Gasteiger partial charge on any atom is 0.254 e. The Bertz CT molecular complexity index is 1300. The third-order valence-corrected chi connectivity index (χ3v) is 6.24. The van der Waals surface area contributed by atoms with Gasteiger partial charge in [-0.05, 0) is 55.9 Å². The van der Waals surface area contributed by atoms with E-state index in [0.29, 0.717) is 54.5 Å². The van der Waals surface area contributed by atoms with Crippen LogP contribution in [0.4, 0.5) is 16.3 Å². The van der Waals surface area contributed by atoms with Crippen LogP contribution < -0.4 is 16.0 Å². The third-order valence-electron chi connectivity index (χ3n) is 6.24. The lowest BCUT2D eigenvalue weighted by molar-refractivity contribution is -0.124. The number of aromatic nitrogens is 4. The van der Waals surface area contributed by atoms with Gasteiger partial charge in [0.25, 0.3) is 5.91 Å². The Kier molecular flexibility index (Phi) is 6.41. The first-order chi connectivity index (χ1) is 16.9. The van der Waals surface area contributed by atoms with E-state index in [0.717, 1.165) is 18.4 Å².